The molecule has 1 aromatic carbocycles. The molecular weight excluding hydrogens is 374 g/mol. The number of aryl methyl sites for hydroxylation is 1. The molecular formula is C22H34ClN3O2. The molecule has 0 spiro atoms. The number of nitrogens with two attached hydrogens (primary N) is 1. The zero-order chi connectivity index (χ0) is 19.2. The van der Waals surface area contributed by atoms with E-state index >= 15 is 0 Å². The minimum atomic E-state index is 0. The van der Waals surface area contributed by atoms with Gasteiger partial charge in [-0.05, 0) is 69.1 Å². The molecule has 0 bridgehead atoms. The maximum atomic E-state index is 12.6. The molecule has 1 aromatic rings. The van der Waals surface area contributed by atoms with Gasteiger partial charge < -0.3 is 16.4 Å². The third-order valence-corrected chi connectivity index (χ3v) is 6.18. The number of amides is 2. The van der Waals surface area contributed by atoms with Crippen molar-refractivity contribution in [3.8, 4) is 0 Å². The van der Waals surface area contributed by atoms with Crippen LogP contribution in [0.1, 0.15) is 69.8 Å². The van der Waals surface area contributed by atoms with Gasteiger partial charge in [0.1, 0.15) is 0 Å². The highest BCUT2D eigenvalue weighted by molar-refractivity contribution is 5.93. The summed E-state index contributed by atoms with van der Waals surface area (Å²) in [5, 5.41) is 6.23. The van der Waals surface area contributed by atoms with Crippen molar-refractivity contribution >= 4 is 35.6 Å². The summed E-state index contributed by atoms with van der Waals surface area (Å²) in [6.07, 6.45) is 10.3. The molecule has 2 amide bonds. The average Bonchev–Trinajstić information content (AvgIpc) is 2.66. The summed E-state index contributed by atoms with van der Waals surface area (Å²) in [7, 11) is 0. The Morgan fingerprint density at radius 1 is 1.04 bits per heavy atom. The first-order chi connectivity index (χ1) is 13.0. The Morgan fingerprint density at radius 3 is 2.39 bits per heavy atom. The summed E-state index contributed by atoms with van der Waals surface area (Å²) >= 11 is 0. The molecule has 0 aliphatic heterocycles. The van der Waals surface area contributed by atoms with Crippen LogP contribution in [0.2, 0.25) is 0 Å². The predicted molar refractivity (Wildman–Crippen MR) is 117 cm³/mol. The second-order valence-corrected chi connectivity index (χ2v) is 8.39. The number of nitrogens with one attached hydrogen (secondary N) is 2. The average molecular weight is 408 g/mol. The Kier molecular flexibility index (Phi) is 8.61. The number of hydrogen-bond acceptors (Lipinski definition) is 3. The van der Waals surface area contributed by atoms with E-state index in [1.165, 1.54) is 32.1 Å². The lowest BCUT2D eigenvalue weighted by atomic mass is 9.84. The first-order valence-electron chi connectivity index (χ1n) is 10.5. The van der Waals surface area contributed by atoms with Crippen molar-refractivity contribution in [2.75, 3.05) is 11.1 Å². The van der Waals surface area contributed by atoms with Crippen molar-refractivity contribution in [1.29, 1.82) is 0 Å². The maximum absolute atomic E-state index is 12.6. The van der Waals surface area contributed by atoms with Gasteiger partial charge in [0.25, 0.3) is 0 Å². The number of anilines is 2. The van der Waals surface area contributed by atoms with Crippen LogP contribution < -0.4 is 16.4 Å². The second kappa shape index (κ2) is 10.7. The van der Waals surface area contributed by atoms with Crippen LogP contribution in [-0.2, 0) is 9.59 Å². The molecule has 0 aromatic heterocycles. The fraction of sp³-hybridized carbons (Fsp3) is 0.636. The number of carbonyl (C=O) groups excluding carboxylic acids is 2. The minimum Gasteiger partial charge on any atom is -0.399 e. The van der Waals surface area contributed by atoms with Crippen LogP contribution in [0.3, 0.4) is 0 Å². The van der Waals surface area contributed by atoms with E-state index in [9.17, 15) is 9.59 Å². The van der Waals surface area contributed by atoms with Crippen LogP contribution in [0, 0.1) is 18.8 Å². The van der Waals surface area contributed by atoms with Crippen molar-refractivity contribution in [3.05, 3.63) is 23.8 Å². The Hall–Kier alpha value is -1.75. The number of hydrogen-bond donors (Lipinski definition) is 3. The van der Waals surface area contributed by atoms with Gasteiger partial charge in [0.15, 0.2) is 0 Å². The highest BCUT2D eigenvalue weighted by atomic mass is 35.5. The van der Waals surface area contributed by atoms with E-state index in [1.54, 1.807) is 0 Å². The van der Waals surface area contributed by atoms with Gasteiger partial charge in [-0.1, -0.05) is 25.3 Å². The van der Waals surface area contributed by atoms with Crippen LogP contribution in [-0.4, -0.2) is 17.9 Å². The van der Waals surface area contributed by atoms with Gasteiger partial charge in [0.05, 0.1) is 0 Å². The Labute approximate surface area is 174 Å². The largest absolute Gasteiger partial charge is 0.399 e. The standard InChI is InChI=1S/C22H33N3O2.ClH/c1-15-7-10-18(23)14-20(15)25-22(27)17-8-11-19(12-9-17)24-21(26)13-16-5-3-2-4-6-16;/h7,10,14,16-17,19H,2-6,8-9,11-13,23H2,1H3,(H,24,26)(H,25,27);1H. The molecule has 4 N–H and O–H groups in total. The van der Waals surface area contributed by atoms with E-state index in [4.69, 9.17) is 5.73 Å². The van der Waals surface area contributed by atoms with Gasteiger partial charge in [0.2, 0.25) is 11.8 Å². The van der Waals surface area contributed by atoms with Crippen molar-refractivity contribution in [1.82, 2.24) is 5.32 Å². The lowest BCUT2D eigenvalue weighted by Gasteiger charge is -2.29. The fourth-order valence-corrected chi connectivity index (χ4v) is 4.45. The molecule has 0 atom stereocenters. The zero-order valence-corrected chi connectivity index (χ0v) is 17.7. The summed E-state index contributed by atoms with van der Waals surface area (Å²) < 4.78 is 0. The lowest BCUT2D eigenvalue weighted by molar-refractivity contribution is -0.123. The predicted octanol–water partition coefficient (Wildman–Crippen LogP) is 4.58. The van der Waals surface area contributed by atoms with Gasteiger partial charge >= 0.3 is 0 Å². The van der Waals surface area contributed by atoms with Crippen LogP contribution in [0.25, 0.3) is 0 Å². The number of benzene rings is 1. The van der Waals surface area contributed by atoms with Gasteiger partial charge in [0, 0.05) is 29.8 Å². The molecule has 0 unspecified atom stereocenters. The first-order valence-corrected chi connectivity index (χ1v) is 10.5. The van der Waals surface area contributed by atoms with E-state index in [1.807, 2.05) is 25.1 Å². The maximum Gasteiger partial charge on any atom is 0.227 e. The summed E-state index contributed by atoms with van der Waals surface area (Å²) in [4.78, 5) is 24.9. The Bertz CT molecular complexity index is 666. The van der Waals surface area contributed by atoms with E-state index < -0.39 is 0 Å². The smallest absolute Gasteiger partial charge is 0.227 e. The van der Waals surface area contributed by atoms with Crippen LogP contribution in [0.15, 0.2) is 18.2 Å². The van der Waals surface area contributed by atoms with Gasteiger partial charge in [-0.15, -0.1) is 12.4 Å². The van der Waals surface area contributed by atoms with Gasteiger partial charge in [-0.3, -0.25) is 9.59 Å². The fourth-order valence-electron chi connectivity index (χ4n) is 4.45. The molecule has 6 heteroatoms. The third kappa shape index (κ3) is 6.40. The first kappa shape index (κ1) is 22.5. The van der Waals surface area contributed by atoms with Crippen LogP contribution >= 0.6 is 12.4 Å². The quantitative estimate of drug-likeness (QED) is 0.624. The molecule has 156 valence electrons. The zero-order valence-electron chi connectivity index (χ0n) is 16.8. The molecule has 0 saturated heterocycles. The molecule has 0 heterocycles. The van der Waals surface area contributed by atoms with E-state index in [0.717, 1.165) is 36.9 Å². The van der Waals surface area contributed by atoms with Gasteiger partial charge in [-0.2, -0.15) is 0 Å². The molecule has 2 aliphatic rings. The molecule has 3 rings (SSSR count). The third-order valence-electron chi connectivity index (χ3n) is 6.18. The van der Waals surface area contributed by atoms with Crippen molar-refractivity contribution in [2.45, 2.75) is 77.2 Å². The molecule has 0 radical (unpaired) electrons. The number of rotatable bonds is 5. The van der Waals surface area contributed by atoms with Crippen LogP contribution in [0.4, 0.5) is 11.4 Å². The molecule has 2 saturated carbocycles. The highest BCUT2D eigenvalue weighted by Crippen LogP contribution is 2.29. The summed E-state index contributed by atoms with van der Waals surface area (Å²) in [5.41, 5.74) is 8.28. The summed E-state index contributed by atoms with van der Waals surface area (Å²) in [5.74, 6) is 0.848. The molecule has 2 fully saturated rings. The summed E-state index contributed by atoms with van der Waals surface area (Å²) in [6.45, 7) is 1.97. The van der Waals surface area contributed by atoms with Crippen molar-refractivity contribution in [3.63, 3.8) is 0 Å². The van der Waals surface area contributed by atoms with E-state index in [-0.39, 0.29) is 36.2 Å². The van der Waals surface area contributed by atoms with Gasteiger partial charge in [-0.25, -0.2) is 0 Å². The normalized spacial score (nSPS) is 22.8. The highest BCUT2D eigenvalue weighted by Gasteiger charge is 2.28. The molecule has 28 heavy (non-hydrogen) atoms. The van der Waals surface area contributed by atoms with Crippen LogP contribution in [0.5, 0.6) is 0 Å². The number of halogens is 1. The Balaban J connectivity index is 0.00000280. The second-order valence-electron chi connectivity index (χ2n) is 8.39. The Morgan fingerprint density at radius 2 is 1.71 bits per heavy atom. The SMILES string of the molecule is Cc1ccc(N)cc1NC(=O)C1CCC(NC(=O)CC2CCCCC2)CC1.Cl. The molecule has 2 aliphatic carbocycles. The van der Waals surface area contributed by atoms with E-state index in [2.05, 4.69) is 10.6 Å². The minimum absolute atomic E-state index is 0. The number of carbonyl (C=O) groups is 2. The topological polar surface area (TPSA) is 84.2 Å². The van der Waals surface area contributed by atoms with Crippen molar-refractivity contribution in [2.24, 2.45) is 11.8 Å². The van der Waals surface area contributed by atoms with E-state index in [0.29, 0.717) is 18.0 Å². The van der Waals surface area contributed by atoms with Crippen molar-refractivity contribution < 1.29 is 9.59 Å². The molecule has 5 nitrogen and oxygen atoms in total. The summed E-state index contributed by atoms with van der Waals surface area (Å²) in [6, 6.07) is 5.79. The number of nitrogen functional groups attached to an aromatic ring is 1. The monoisotopic (exact) mass is 407 g/mol. The lowest BCUT2D eigenvalue weighted by Crippen LogP contribution is -2.40.